The van der Waals surface area contributed by atoms with Crippen LogP contribution in [0.2, 0.25) is 0 Å². The Morgan fingerprint density at radius 3 is 2.83 bits per heavy atom. The third kappa shape index (κ3) is 2.72. The fourth-order valence-electron chi connectivity index (χ4n) is 4.39. The van der Waals surface area contributed by atoms with Crippen LogP contribution < -0.4 is 5.56 Å². The van der Waals surface area contributed by atoms with Crippen molar-refractivity contribution in [1.82, 2.24) is 14.5 Å². The van der Waals surface area contributed by atoms with Crippen molar-refractivity contribution in [1.29, 1.82) is 0 Å². The molecule has 1 aliphatic carbocycles. The Balaban J connectivity index is 1.57. The van der Waals surface area contributed by atoms with Crippen molar-refractivity contribution in [3.63, 3.8) is 0 Å². The predicted molar refractivity (Wildman–Crippen MR) is 92.7 cm³/mol. The molecule has 24 heavy (non-hydrogen) atoms. The molecule has 0 N–H and O–H groups in total. The number of piperidine rings is 1. The Morgan fingerprint density at radius 2 is 1.92 bits per heavy atom. The standard InChI is InChI=1S/C19H23N3O2/c23-18(22-11-5-7-14-6-1-4-10-17(14)22)12-21-13-20-16-9-3-2-8-15(16)19(21)24/h2-3,8-9,13-14,17H,1,4-7,10-12H2. The number of likely N-dealkylation sites (tertiary alicyclic amines) is 1. The monoisotopic (exact) mass is 325 g/mol. The molecular weight excluding hydrogens is 302 g/mol. The molecule has 1 amide bonds. The van der Waals surface area contributed by atoms with Gasteiger partial charge in [-0.3, -0.25) is 14.2 Å². The second-order valence-electron chi connectivity index (χ2n) is 7.04. The van der Waals surface area contributed by atoms with Gasteiger partial charge in [0.25, 0.3) is 5.56 Å². The van der Waals surface area contributed by atoms with Crippen LogP contribution in [-0.4, -0.2) is 32.9 Å². The summed E-state index contributed by atoms with van der Waals surface area (Å²) in [6.45, 7) is 0.926. The van der Waals surface area contributed by atoms with E-state index < -0.39 is 0 Å². The number of benzene rings is 1. The van der Waals surface area contributed by atoms with Crippen LogP contribution >= 0.6 is 0 Å². The van der Waals surface area contributed by atoms with E-state index in [0.717, 1.165) is 19.4 Å². The highest BCUT2D eigenvalue weighted by Gasteiger charge is 2.35. The summed E-state index contributed by atoms with van der Waals surface area (Å²) in [6, 6.07) is 7.66. The molecule has 4 rings (SSSR count). The number of nitrogens with zero attached hydrogens (tertiary/aromatic N) is 3. The van der Waals surface area contributed by atoms with E-state index in [1.807, 2.05) is 23.1 Å². The number of fused-ring (bicyclic) bond motifs is 2. The predicted octanol–water partition coefficient (Wildman–Crippen LogP) is 2.58. The second-order valence-corrected chi connectivity index (χ2v) is 7.04. The Morgan fingerprint density at radius 1 is 1.12 bits per heavy atom. The quantitative estimate of drug-likeness (QED) is 0.853. The average Bonchev–Trinajstić information content (AvgIpc) is 2.63. The molecule has 2 fully saturated rings. The first-order valence-electron chi connectivity index (χ1n) is 8.98. The highest BCUT2D eigenvalue weighted by Crippen LogP contribution is 2.35. The Bertz CT molecular complexity index is 812. The van der Waals surface area contributed by atoms with Gasteiger partial charge in [-0.2, -0.15) is 0 Å². The molecule has 0 spiro atoms. The van der Waals surface area contributed by atoms with Crippen LogP contribution in [0.4, 0.5) is 0 Å². The lowest BCUT2D eigenvalue weighted by atomic mass is 9.78. The van der Waals surface area contributed by atoms with E-state index in [1.54, 1.807) is 6.07 Å². The molecule has 2 atom stereocenters. The topological polar surface area (TPSA) is 55.2 Å². The molecule has 1 saturated heterocycles. The lowest BCUT2D eigenvalue weighted by Crippen LogP contribution is -2.51. The van der Waals surface area contributed by atoms with Crippen molar-refractivity contribution in [3.8, 4) is 0 Å². The lowest BCUT2D eigenvalue weighted by Gasteiger charge is -2.44. The molecule has 0 bridgehead atoms. The van der Waals surface area contributed by atoms with E-state index >= 15 is 0 Å². The molecule has 1 aromatic carbocycles. The Kier molecular flexibility index (Phi) is 4.08. The van der Waals surface area contributed by atoms with E-state index in [0.29, 0.717) is 22.9 Å². The van der Waals surface area contributed by atoms with Crippen molar-refractivity contribution in [2.45, 2.75) is 51.1 Å². The van der Waals surface area contributed by atoms with Gasteiger partial charge >= 0.3 is 0 Å². The summed E-state index contributed by atoms with van der Waals surface area (Å²) in [5, 5.41) is 0.571. The van der Waals surface area contributed by atoms with Gasteiger partial charge in [0.1, 0.15) is 6.54 Å². The van der Waals surface area contributed by atoms with Gasteiger partial charge in [-0.25, -0.2) is 4.98 Å². The fraction of sp³-hybridized carbons (Fsp3) is 0.526. The molecule has 5 nitrogen and oxygen atoms in total. The molecule has 5 heteroatoms. The molecule has 126 valence electrons. The van der Waals surface area contributed by atoms with Gasteiger partial charge in [-0.1, -0.05) is 25.0 Å². The van der Waals surface area contributed by atoms with Crippen LogP contribution in [0.15, 0.2) is 35.4 Å². The molecular formula is C19H23N3O2. The maximum Gasteiger partial charge on any atom is 0.261 e. The molecule has 1 aromatic heterocycles. The number of hydrogen-bond donors (Lipinski definition) is 0. The maximum atomic E-state index is 12.8. The van der Waals surface area contributed by atoms with Gasteiger partial charge < -0.3 is 4.90 Å². The number of amides is 1. The fourth-order valence-corrected chi connectivity index (χ4v) is 4.39. The van der Waals surface area contributed by atoms with Gasteiger partial charge in [0.05, 0.1) is 17.2 Å². The van der Waals surface area contributed by atoms with Crippen molar-refractivity contribution < 1.29 is 4.79 Å². The second kappa shape index (κ2) is 6.38. The molecule has 2 aromatic rings. The summed E-state index contributed by atoms with van der Waals surface area (Å²) in [4.78, 5) is 31.8. The first kappa shape index (κ1) is 15.4. The van der Waals surface area contributed by atoms with E-state index in [4.69, 9.17) is 0 Å². The summed E-state index contributed by atoms with van der Waals surface area (Å²) in [5.74, 6) is 0.716. The third-order valence-corrected chi connectivity index (χ3v) is 5.60. The molecule has 0 radical (unpaired) electrons. The van der Waals surface area contributed by atoms with Gasteiger partial charge in [0.2, 0.25) is 5.91 Å². The Hall–Kier alpha value is -2.17. The van der Waals surface area contributed by atoms with Crippen molar-refractivity contribution >= 4 is 16.8 Å². The molecule has 2 aliphatic rings. The molecule has 2 heterocycles. The summed E-state index contributed by atoms with van der Waals surface area (Å²) in [5.41, 5.74) is 0.544. The average molecular weight is 325 g/mol. The maximum absolute atomic E-state index is 12.8. The number of carbonyl (C=O) groups excluding carboxylic acids is 1. The summed E-state index contributed by atoms with van der Waals surface area (Å²) in [7, 11) is 0. The number of hydrogen-bond acceptors (Lipinski definition) is 3. The molecule has 2 unspecified atom stereocenters. The highest BCUT2D eigenvalue weighted by atomic mass is 16.2. The van der Waals surface area contributed by atoms with Crippen LogP contribution in [0.3, 0.4) is 0 Å². The normalized spacial score (nSPS) is 23.9. The van der Waals surface area contributed by atoms with E-state index in [9.17, 15) is 9.59 Å². The van der Waals surface area contributed by atoms with Gasteiger partial charge in [-0.05, 0) is 43.7 Å². The lowest BCUT2D eigenvalue weighted by molar-refractivity contribution is -0.138. The minimum atomic E-state index is -0.133. The minimum absolute atomic E-state index is 0.0609. The van der Waals surface area contributed by atoms with Crippen LogP contribution in [0, 0.1) is 5.92 Å². The van der Waals surface area contributed by atoms with E-state index in [2.05, 4.69) is 4.98 Å². The zero-order valence-electron chi connectivity index (χ0n) is 13.9. The third-order valence-electron chi connectivity index (χ3n) is 5.60. The van der Waals surface area contributed by atoms with Crippen LogP contribution in [-0.2, 0) is 11.3 Å². The first-order chi connectivity index (χ1) is 11.7. The largest absolute Gasteiger partial charge is 0.338 e. The zero-order chi connectivity index (χ0) is 16.5. The highest BCUT2D eigenvalue weighted by molar-refractivity contribution is 5.79. The van der Waals surface area contributed by atoms with E-state index in [1.165, 1.54) is 36.6 Å². The first-order valence-corrected chi connectivity index (χ1v) is 8.98. The number of aromatic nitrogens is 2. The van der Waals surface area contributed by atoms with Gasteiger partial charge in [-0.15, -0.1) is 0 Å². The number of para-hydroxylation sites is 1. The number of rotatable bonds is 2. The Labute approximate surface area is 141 Å². The van der Waals surface area contributed by atoms with E-state index in [-0.39, 0.29) is 18.0 Å². The van der Waals surface area contributed by atoms with Gasteiger partial charge in [0, 0.05) is 12.6 Å². The van der Waals surface area contributed by atoms with Crippen LogP contribution in [0.1, 0.15) is 38.5 Å². The zero-order valence-corrected chi connectivity index (χ0v) is 13.9. The number of carbonyl (C=O) groups is 1. The van der Waals surface area contributed by atoms with Crippen molar-refractivity contribution in [2.24, 2.45) is 5.92 Å². The van der Waals surface area contributed by atoms with Gasteiger partial charge in [0.15, 0.2) is 0 Å². The SMILES string of the molecule is O=C(Cn1cnc2ccccc2c1=O)N1CCCC2CCCCC21. The summed E-state index contributed by atoms with van der Waals surface area (Å²) < 4.78 is 1.46. The van der Waals surface area contributed by atoms with Crippen molar-refractivity contribution in [2.75, 3.05) is 6.54 Å². The molecule has 1 aliphatic heterocycles. The minimum Gasteiger partial charge on any atom is -0.338 e. The smallest absolute Gasteiger partial charge is 0.261 e. The summed E-state index contributed by atoms with van der Waals surface area (Å²) >= 11 is 0. The summed E-state index contributed by atoms with van der Waals surface area (Å²) in [6.07, 6.45) is 8.68. The van der Waals surface area contributed by atoms with Crippen molar-refractivity contribution in [3.05, 3.63) is 40.9 Å². The van der Waals surface area contributed by atoms with Crippen LogP contribution in [0.25, 0.3) is 10.9 Å². The molecule has 1 saturated carbocycles. The van der Waals surface area contributed by atoms with Crippen LogP contribution in [0.5, 0.6) is 0 Å².